The molecule has 0 radical (unpaired) electrons. The van der Waals surface area contributed by atoms with Gasteiger partial charge in [-0.1, -0.05) is 12.1 Å². The van der Waals surface area contributed by atoms with E-state index in [1.54, 1.807) is 6.07 Å². The van der Waals surface area contributed by atoms with Crippen molar-refractivity contribution in [2.45, 2.75) is 58.3 Å². The van der Waals surface area contributed by atoms with Crippen LogP contribution in [0, 0.1) is 0 Å². The maximum Gasteiger partial charge on any atom is 0.573 e. The van der Waals surface area contributed by atoms with Crippen molar-refractivity contribution in [2.75, 3.05) is 39.3 Å². The van der Waals surface area contributed by atoms with Gasteiger partial charge in [0.2, 0.25) is 0 Å². The number of alkyl halides is 3. The number of halogens is 3. The molecule has 7 nitrogen and oxygen atoms in total. The molecule has 0 aromatic heterocycles. The van der Waals surface area contributed by atoms with Crippen LogP contribution in [0.3, 0.4) is 0 Å². The summed E-state index contributed by atoms with van der Waals surface area (Å²) in [6.07, 6.45) is -4.96. The number of benzene rings is 1. The zero-order chi connectivity index (χ0) is 23.8. The number of rotatable bonds is 5. The summed E-state index contributed by atoms with van der Waals surface area (Å²) < 4.78 is 53.0. The van der Waals surface area contributed by atoms with Crippen LogP contribution < -0.4 is 15.4 Å². The van der Waals surface area contributed by atoms with Crippen LogP contribution in [0.4, 0.5) is 13.2 Å². The van der Waals surface area contributed by atoms with E-state index in [-0.39, 0.29) is 17.5 Å². The van der Waals surface area contributed by atoms with Gasteiger partial charge in [0.15, 0.2) is 0 Å². The van der Waals surface area contributed by atoms with Crippen molar-refractivity contribution in [2.24, 2.45) is 0 Å². The fraction of sp³-hybridized carbons (Fsp3) is 0.682. The van der Waals surface area contributed by atoms with Gasteiger partial charge in [-0.15, -0.1) is 13.2 Å². The lowest BCUT2D eigenvalue weighted by Gasteiger charge is -2.32. The summed E-state index contributed by atoms with van der Waals surface area (Å²) in [4.78, 5) is 11.7. The standard InChI is InChI=1S/C17H24F3N3O2.C5H10O2/c1-12-10-23(6-4-22-12)11-14-3-2-13(16-9-21-5-7-24-16)8-15(14)25-17(18,19)20;1-5(2,3)7-4-6/h2-3,8,12,16,21-22H,4-7,9-11H2,1H3;4H,1-3H3/t12-,16?;/m1./s1. The minimum absolute atomic E-state index is 0.134. The van der Waals surface area contributed by atoms with E-state index in [4.69, 9.17) is 4.74 Å². The lowest BCUT2D eigenvalue weighted by Crippen LogP contribution is -2.48. The molecule has 2 heterocycles. The minimum Gasteiger partial charge on any atom is -0.462 e. The number of carbonyl (C=O) groups excluding carboxylic acids is 1. The van der Waals surface area contributed by atoms with Crippen molar-refractivity contribution >= 4 is 6.47 Å². The molecule has 1 aromatic rings. The first kappa shape index (κ1) is 26.4. The number of hydrogen-bond donors (Lipinski definition) is 2. The van der Waals surface area contributed by atoms with Gasteiger partial charge in [0, 0.05) is 50.9 Å². The zero-order valence-electron chi connectivity index (χ0n) is 19.1. The molecule has 0 amide bonds. The van der Waals surface area contributed by atoms with E-state index in [0.29, 0.717) is 43.3 Å². The SMILES string of the molecule is CC(C)(C)OC=O.C[C@@H]1CN(Cc2ccc(C3CNCCO3)cc2OC(F)(F)F)CCN1. The first-order valence-electron chi connectivity index (χ1n) is 10.7. The van der Waals surface area contributed by atoms with Gasteiger partial charge in [-0.3, -0.25) is 9.69 Å². The van der Waals surface area contributed by atoms with Crippen molar-refractivity contribution in [1.29, 1.82) is 0 Å². The maximum atomic E-state index is 12.8. The molecule has 0 bridgehead atoms. The number of nitrogens with zero attached hydrogens (tertiary/aromatic N) is 1. The van der Waals surface area contributed by atoms with Gasteiger partial charge in [-0.2, -0.15) is 0 Å². The van der Waals surface area contributed by atoms with Crippen LogP contribution in [0.1, 0.15) is 44.9 Å². The Hall–Kier alpha value is -1.88. The molecule has 0 saturated carbocycles. The summed E-state index contributed by atoms with van der Waals surface area (Å²) in [6.45, 7) is 12.7. The second-order valence-electron chi connectivity index (χ2n) is 8.90. The molecular weight excluding hydrogens is 427 g/mol. The molecular formula is C22H34F3N3O4. The molecule has 2 N–H and O–H groups in total. The average Bonchev–Trinajstić information content (AvgIpc) is 2.68. The molecule has 1 aromatic carbocycles. The normalized spacial score (nSPS) is 22.5. The molecule has 2 aliphatic rings. The van der Waals surface area contributed by atoms with E-state index in [0.717, 1.165) is 26.2 Å². The van der Waals surface area contributed by atoms with Gasteiger partial charge >= 0.3 is 6.36 Å². The highest BCUT2D eigenvalue weighted by atomic mass is 19.4. The summed E-state index contributed by atoms with van der Waals surface area (Å²) >= 11 is 0. The predicted octanol–water partition coefficient (Wildman–Crippen LogP) is 3.00. The first-order valence-corrected chi connectivity index (χ1v) is 10.7. The van der Waals surface area contributed by atoms with E-state index in [1.807, 2.05) is 26.8 Å². The summed E-state index contributed by atoms with van der Waals surface area (Å²) in [5.74, 6) is -0.134. The molecule has 0 aliphatic carbocycles. The quantitative estimate of drug-likeness (QED) is 0.654. The molecule has 2 aliphatic heterocycles. The lowest BCUT2D eigenvalue weighted by atomic mass is 10.0. The fourth-order valence-electron chi connectivity index (χ4n) is 3.44. The Labute approximate surface area is 187 Å². The van der Waals surface area contributed by atoms with E-state index < -0.39 is 6.36 Å². The summed E-state index contributed by atoms with van der Waals surface area (Å²) in [6, 6.07) is 5.34. The second-order valence-corrected chi connectivity index (χ2v) is 8.90. The first-order chi connectivity index (χ1) is 15.0. The van der Waals surface area contributed by atoms with Crippen molar-refractivity contribution < 1.29 is 32.2 Å². The van der Waals surface area contributed by atoms with Gasteiger partial charge in [0.25, 0.3) is 6.47 Å². The summed E-state index contributed by atoms with van der Waals surface area (Å²) in [5, 5.41) is 6.51. The Morgan fingerprint density at radius 1 is 1.25 bits per heavy atom. The fourth-order valence-corrected chi connectivity index (χ4v) is 3.44. The number of piperazine rings is 1. The molecule has 2 fully saturated rings. The Morgan fingerprint density at radius 2 is 2.00 bits per heavy atom. The number of ether oxygens (including phenoxy) is 3. The number of nitrogens with one attached hydrogen (secondary N) is 2. The summed E-state index contributed by atoms with van der Waals surface area (Å²) in [7, 11) is 0. The monoisotopic (exact) mass is 461 g/mol. The largest absolute Gasteiger partial charge is 0.573 e. The highest BCUT2D eigenvalue weighted by Gasteiger charge is 2.33. The highest BCUT2D eigenvalue weighted by Crippen LogP contribution is 2.31. The smallest absolute Gasteiger partial charge is 0.462 e. The third-order valence-corrected chi connectivity index (χ3v) is 4.86. The number of morpholine rings is 1. The van der Waals surface area contributed by atoms with Crippen LogP contribution in [0.25, 0.3) is 0 Å². The molecule has 10 heteroatoms. The lowest BCUT2D eigenvalue weighted by molar-refractivity contribution is -0.275. The van der Waals surface area contributed by atoms with Gasteiger partial charge in [-0.05, 0) is 39.3 Å². The third-order valence-electron chi connectivity index (χ3n) is 4.86. The Morgan fingerprint density at radius 3 is 2.53 bits per heavy atom. The van der Waals surface area contributed by atoms with Crippen LogP contribution in [-0.4, -0.2) is 68.7 Å². The second kappa shape index (κ2) is 11.8. The Balaban J connectivity index is 0.000000451. The zero-order valence-corrected chi connectivity index (χ0v) is 19.1. The van der Waals surface area contributed by atoms with Gasteiger partial charge in [-0.25, -0.2) is 0 Å². The van der Waals surface area contributed by atoms with Crippen molar-refractivity contribution in [1.82, 2.24) is 15.5 Å². The average molecular weight is 462 g/mol. The van der Waals surface area contributed by atoms with Crippen LogP contribution >= 0.6 is 0 Å². The topological polar surface area (TPSA) is 72.1 Å². The predicted molar refractivity (Wildman–Crippen MR) is 114 cm³/mol. The molecule has 182 valence electrons. The van der Waals surface area contributed by atoms with Gasteiger partial charge in [0.05, 0.1) is 12.7 Å². The molecule has 32 heavy (non-hydrogen) atoms. The van der Waals surface area contributed by atoms with Gasteiger partial charge < -0.3 is 24.8 Å². The molecule has 3 rings (SSSR count). The van der Waals surface area contributed by atoms with Crippen LogP contribution in [0.15, 0.2) is 18.2 Å². The van der Waals surface area contributed by atoms with Crippen molar-refractivity contribution in [3.8, 4) is 5.75 Å². The van der Waals surface area contributed by atoms with Crippen LogP contribution in [0.5, 0.6) is 5.75 Å². The van der Waals surface area contributed by atoms with Crippen LogP contribution in [-0.2, 0) is 20.8 Å². The highest BCUT2D eigenvalue weighted by molar-refractivity contribution is 5.39. The van der Waals surface area contributed by atoms with E-state index in [1.165, 1.54) is 6.07 Å². The van der Waals surface area contributed by atoms with E-state index >= 15 is 0 Å². The summed E-state index contributed by atoms with van der Waals surface area (Å²) in [5.41, 5.74) is 0.921. The Kier molecular flexibility index (Phi) is 9.75. The van der Waals surface area contributed by atoms with Crippen molar-refractivity contribution in [3.63, 3.8) is 0 Å². The van der Waals surface area contributed by atoms with E-state index in [2.05, 4.69) is 31.9 Å². The maximum absolute atomic E-state index is 12.8. The molecule has 0 spiro atoms. The van der Waals surface area contributed by atoms with Crippen LogP contribution in [0.2, 0.25) is 0 Å². The Bertz CT molecular complexity index is 719. The number of hydrogen-bond acceptors (Lipinski definition) is 7. The number of carbonyl (C=O) groups is 1. The van der Waals surface area contributed by atoms with E-state index in [9.17, 15) is 18.0 Å². The molecule has 1 unspecified atom stereocenters. The van der Waals surface area contributed by atoms with Crippen molar-refractivity contribution in [3.05, 3.63) is 29.3 Å². The van der Waals surface area contributed by atoms with Gasteiger partial charge in [0.1, 0.15) is 11.4 Å². The molecule has 2 saturated heterocycles. The molecule has 2 atom stereocenters. The minimum atomic E-state index is -4.71. The third kappa shape index (κ3) is 9.72.